The Balaban J connectivity index is 1.70. The molecule has 5 nitrogen and oxygen atoms in total. The first-order valence-electron chi connectivity index (χ1n) is 11.5. The maximum Gasteiger partial charge on any atom is 0.416 e. The molecule has 0 spiro atoms. The van der Waals surface area contributed by atoms with E-state index < -0.39 is 29.0 Å². The lowest BCUT2D eigenvalue weighted by molar-refractivity contribution is -0.143. The molecule has 1 heterocycles. The summed E-state index contributed by atoms with van der Waals surface area (Å²) in [6, 6.07) is 13.9. The summed E-state index contributed by atoms with van der Waals surface area (Å²) in [7, 11) is 0. The normalized spacial score (nSPS) is 20.6. The van der Waals surface area contributed by atoms with Crippen LogP contribution in [0.1, 0.15) is 49.3 Å². The highest BCUT2D eigenvalue weighted by molar-refractivity contribution is 6.10. The fraction of sp³-hybridized carbons (Fsp3) is 0.423. The first-order chi connectivity index (χ1) is 16.1. The average molecular weight is 473 g/mol. The fourth-order valence-corrected chi connectivity index (χ4v) is 4.62. The summed E-state index contributed by atoms with van der Waals surface area (Å²) in [5, 5.41) is 0. The molecule has 180 valence electrons. The number of carbonyl (C=O) groups excluding carboxylic acids is 3. The number of benzene rings is 2. The van der Waals surface area contributed by atoms with Crippen molar-refractivity contribution < 1.29 is 27.6 Å². The molecule has 3 amide bonds. The van der Waals surface area contributed by atoms with Gasteiger partial charge in [-0.25, -0.2) is 0 Å². The van der Waals surface area contributed by atoms with Crippen LogP contribution < -0.4 is 0 Å². The van der Waals surface area contributed by atoms with Crippen molar-refractivity contribution in [3.8, 4) is 0 Å². The Labute approximate surface area is 196 Å². The number of rotatable bonds is 8. The lowest BCUT2D eigenvalue weighted by Crippen LogP contribution is -2.44. The van der Waals surface area contributed by atoms with Gasteiger partial charge in [-0.15, -0.1) is 0 Å². The molecule has 1 unspecified atom stereocenters. The van der Waals surface area contributed by atoms with E-state index in [2.05, 4.69) is 0 Å². The van der Waals surface area contributed by atoms with E-state index in [1.165, 1.54) is 12.1 Å². The quantitative estimate of drug-likeness (QED) is 0.530. The van der Waals surface area contributed by atoms with Gasteiger partial charge in [-0.05, 0) is 42.9 Å². The average Bonchev–Trinajstić information content (AvgIpc) is 3.58. The summed E-state index contributed by atoms with van der Waals surface area (Å²) in [6.07, 6.45) is -3.26. The smallest absolute Gasteiger partial charge is 0.338 e. The number of amides is 3. The molecule has 2 fully saturated rings. The Morgan fingerprint density at radius 1 is 1.09 bits per heavy atom. The number of nitrogens with zero attached hydrogens (tertiary/aromatic N) is 2. The molecule has 34 heavy (non-hydrogen) atoms. The summed E-state index contributed by atoms with van der Waals surface area (Å²) >= 11 is 0. The van der Waals surface area contributed by atoms with Crippen LogP contribution in [0.3, 0.4) is 0 Å². The lowest BCUT2D eigenvalue weighted by atomic mass is 9.75. The molecular formula is C26H27F3N2O3. The minimum atomic E-state index is -4.61. The van der Waals surface area contributed by atoms with Gasteiger partial charge in [0.25, 0.3) is 0 Å². The second kappa shape index (κ2) is 9.24. The van der Waals surface area contributed by atoms with E-state index in [-0.39, 0.29) is 30.9 Å². The van der Waals surface area contributed by atoms with E-state index in [0.29, 0.717) is 19.0 Å². The van der Waals surface area contributed by atoms with Gasteiger partial charge in [0.1, 0.15) is 0 Å². The lowest BCUT2D eigenvalue weighted by Gasteiger charge is -2.31. The predicted molar refractivity (Wildman–Crippen MR) is 119 cm³/mol. The van der Waals surface area contributed by atoms with Crippen molar-refractivity contribution in [1.29, 1.82) is 0 Å². The van der Waals surface area contributed by atoms with Crippen molar-refractivity contribution in [3.63, 3.8) is 0 Å². The van der Waals surface area contributed by atoms with Gasteiger partial charge in [0, 0.05) is 32.5 Å². The molecule has 0 radical (unpaired) electrons. The first-order valence-corrected chi connectivity index (χ1v) is 11.5. The van der Waals surface area contributed by atoms with E-state index in [1.807, 2.05) is 30.3 Å². The number of alkyl halides is 3. The van der Waals surface area contributed by atoms with Crippen LogP contribution in [0.15, 0.2) is 54.6 Å². The zero-order valence-electron chi connectivity index (χ0n) is 19.0. The molecule has 2 aliphatic rings. The zero-order valence-corrected chi connectivity index (χ0v) is 19.0. The third kappa shape index (κ3) is 4.86. The third-order valence-electron chi connectivity index (χ3n) is 6.66. The number of hydrogen-bond acceptors (Lipinski definition) is 3. The molecule has 1 saturated carbocycles. The van der Waals surface area contributed by atoms with Gasteiger partial charge >= 0.3 is 6.18 Å². The Morgan fingerprint density at radius 3 is 2.38 bits per heavy atom. The monoisotopic (exact) mass is 472 g/mol. The Morgan fingerprint density at radius 2 is 1.79 bits per heavy atom. The Bertz CT molecular complexity index is 1080. The summed E-state index contributed by atoms with van der Waals surface area (Å²) in [5.74, 6) is -1.05. The molecule has 1 aliphatic heterocycles. The van der Waals surface area contributed by atoms with Crippen LogP contribution in [0.5, 0.6) is 0 Å². The summed E-state index contributed by atoms with van der Waals surface area (Å²) in [5.41, 5.74) is -1.58. The molecule has 0 N–H and O–H groups in total. The standard InChI is InChI=1S/C26H27F3N2O3/c1-2-31-23(33)15-25(24(31)34,20-9-6-10-21(13-20)26(27,28)29)14-22(32)30(17-19-11-12-19)16-18-7-4-3-5-8-18/h3-10,13,19H,2,11-12,14-17H2,1H3. The molecule has 2 aromatic rings. The number of imide groups is 1. The Kier molecular flexibility index (Phi) is 6.51. The summed E-state index contributed by atoms with van der Waals surface area (Å²) in [4.78, 5) is 42.4. The SMILES string of the molecule is CCN1C(=O)CC(CC(=O)N(Cc2ccccc2)CC2CC2)(c2cccc(C(F)(F)F)c2)C1=O. The van der Waals surface area contributed by atoms with Gasteiger partial charge in [-0.3, -0.25) is 19.3 Å². The highest BCUT2D eigenvalue weighted by Gasteiger charge is 2.54. The van der Waals surface area contributed by atoms with Gasteiger partial charge < -0.3 is 4.90 Å². The van der Waals surface area contributed by atoms with Gasteiger partial charge in [0.05, 0.1) is 11.0 Å². The van der Waals surface area contributed by atoms with Crippen LogP contribution in [-0.2, 0) is 32.5 Å². The van der Waals surface area contributed by atoms with Gasteiger partial charge in [0.15, 0.2) is 0 Å². The minimum absolute atomic E-state index is 0.0519. The number of carbonyl (C=O) groups is 3. The molecular weight excluding hydrogens is 445 g/mol. The number of likely N-dealkylation sites (tertiary alicyclic amines) is 1. The number of hydrogen-bond donors (Lipinski definition) is 0. The molecule has 0 aromatic heterocycles. The molecule has 4 rings (SSSR count). The van der Waals surface area contributed by atoms with E-state index >= 15 is 0 Å². The number of halogens is 3. The largest absolute Gasteiger partial charge is 0.416 e. The van der Waals surface area contributed by atoms with Crippen LogP contribution in [0.25, 0.3) is 0 Å². The highest BCUT2D eigenvalue weighted by Crippen LogP contribution is 2.42. The first kappa shape index (κ1) is 24.0. The molecule has 1 aliphatic carbocycles. The topological polar surface area (TPSA) is 57.7 Å². The summed E-state index contributed by atoms with van der Waals surface area (Å²) in [6.45, 7) is 2.59. The van der Waals surface area contributed by atoms with Crippen molar-refractivity contribution in [2.24, 2.45) is 5.92 Å². The van der Waals surface area contributed by atoms with Crippen LogP contribution in [0.2, 0.25) is 0 Å². The zero-order chi connectivity index (χ0) is 24.5. The van der Waals surface area contributed by atoms with Crippen LogP contribution in [-0.4, -0.2) is 40.6 Å². The van der Waals surface area contributed by atoms with E-state index in [9.17, 15) is 27.6 Å². The van der Waals surface area contributed by atoms with Crippen molar-refractivity contribution in [2.45, 2.75) is 50.7 Å². The minimum Gasteiger partial charge on any atom is -0.338 e. The van der Waals surface area contributed by atoms with Gasteiger partial charge in [-0.2, -0.15) is 13.2 Å². The third-order valence-corrected chi connectivity index (χ3v) is 6.66. The molecule has 8 heteroatoms. The van der Waals surface area contributed by atoms with E-state index in [1.54, 1.807) is 11.8 Å². The second-order valence-corrected chi connectivity index (χ2v) is 9.16. The number of likely N-dealkylation sites (N-methyl/N-ethyl adjacent to an activating group) is 1. The molecule has 1 atom stereocenters. The van der Waals surface area contributed by atoms with Crippen LogP contribution in [0, 0.1) is 5.92 Å². The Hall–Kier alpha value is -3.16. The van der Waals surface area contributed by atoms with Crippen molar-refractivity contribution in [3.05, 3.63) is 71.3 Å². The second-order valence-electron chi connectivity index (χ2n) is 9.16. The highest BCUT2D eigenvalue weighted by atomic mass is 19.4. The van der Waals surface area contributed by atoms with Crippen LogP contribution >= 0.6 is 0 Å². The molecule has 1 saturated heterocycles. The van der Waals surface area contributed by atoms with Gasteiger partial charge in [0.2, 0.25) is 17.7 Å². The molecule has 2 aromatic carbocycles. The maximum atomic E-state index is 13.6. The van der Waals surface area contributed by atoms with Gasteiger partial charge in [-0.1, -0.05) is 48.5 Å². The summed E-state index contributed by atoms with van der Waals surface area (Å²) < 4.78 is 40.3. The fourth-order valence-electron chi connectivity index (χ4n) is 4.62. The van der Waals surface area contributed by atoms with E-state index in [0.717, 1.165) is 35.4 Å². The predicted octanol–water partition coefficient (Wildman–Crippen LogP) is 4.55. The van der Waals surface area contributed by atoms with Crippen molar-refractivity contribution >= 4 is 17.7 Å². The molecule has 0 bridgehead atoms. The van der Waals surface area contributed by atoms with Crippen molar-refractivity contribution in [1.82, 2.24) is 9.80 Å². The maximum absolute atomic E-state index is 13.6. The van der Waals surface area contributed by atoms with E-state index in [4.69, 9.17) is 0 Å². The van der Waals surface area contributed by atoms with Crippen LogP contribution in [0.4, 0.5) is 13.2 Å². The van der Waals surface area contributed by atoms with Crippen molar-refractivity contribution in [2.75, 3.05) is 13.1 Å².